The van der Waals surface area contributed by atoms with Crippen LogP contribution >= 0.6 is 0 Å². The lowest BCUT2D eigenvalue weighted by Crippen LogP contribution is -2.44. The van der Waals surface area contributed by atoms with Gasteiger partial charge in [0, 0.05) is 24.3 Å². The van der Waals surface area contributed by atoms with Crippen LogP contribution in [0.4, 0.5) is 5.69 Å². The van der Waals surface area contributed by atoms with Crippen LogP contribution in [-0.2, 0) is 11.2 Å². The van der Waals surface area contributed by atoms with Crippen molar-refractivity contribution < 1.29 is 9.59 Å². The van der Waals surface area contributed by atoms with Crippen LogP contribution in [0.1, 0.15) is 28.8 Å². The van der Waals surface area contributed by atoms with Gasteiger partial charge < -0.3 is 15.1 Å². The van der Waals surface area contributed by atoms with Crippen molar-refractivity contribution in [2.24, 2.45) is 0 Å². The Balaban J connectivity index is 1.73. The van der Waals surface area contributed by atoms with E-state index in [0.29, 0.717) is 18.0 Å². The summed E-state index contributed by atoms with van der Waals surface area (Å²) in [5, 5.41) is 2.80. The number of carbonyl (C=O) groups excluding carboxylic acids is 2. The summed E-state index contributed by atoms with van der Waals surface area (Å²) in [4.78, 5) is 28.1. The van der Waals surface area contributed by atoms with Crippen molar-refractivity contribution in [2.45, 2.75) is 25.3 Å². The van der Waals surface area contributed by atoms with Crippen molar-refractivity contribution >= 4 is 17.5 Å². The number of rotatable bonds is 2. The largest absolute Gasteiger partial charge is 0.339 e. The molecule has 5 heteroatoms. The van der Waals surface area contributed by atoms with E-state index in [4.69, 9.17) is 0 Å². The lowest BCUT2D eigenvalue weighted by Gasteiger charge is -2.35. The van der Waals surface area contributed by atoms with Gasteiger partial charge in [-0.25, -0.2) is 0 Å². The predicted octanol–water partition coefficient (Wildman–Crippen LogP) is 1.35. The number of nitrogens with one attached hydrogen (secondary N) is 1. The van der Waals surface area contributed by atoms with E-state index >= 15 is 0 Å². The Labute approximate surface area is 124 Å². The van der Waals surface area contributed by atoms with E-state index in [9.17, 15) is 9.59 Å². The van der Waals surface area contributed by atoms with E-state index in [-0.39, 0.29) is 11.8 Å². The molecule has 1 saturated heterocycles. The summed E-state index contributed by atoms with van der Waals surface area (Å²) in [6.07, 6.45) is 2.44. The maximum Gasteiger partial charge on any atom is 0.253 e. The van der Waals surface area contributed by atoms with Crippen molar-refractivity contribution in [1.29, 1.82) is 0 Å². The average molecular weight is 287 g/mol. The molecule has 1 aromatic carbocycles. The van der Waals surface area contributed by atoms with E-state index in [1.807, 2.05) is 24.1 Å². The fourth-order valence-electron chi connectivity index (χ4n) is 3.10. The minimum atomic E-state index is -0.00160. The standard InChI is InChI=1S/C16H21N3O2/c1-18-7-5-13(6-8-18)19(2)16(21)12-4-3-11-10-15(20)17-14(11)9-12/h3-4,9,13H,5-8,10H2,1-2H3,(H,17,20). The molecule has 3 rings (SSSR count). The molecule has 0 atom stereocenters. The van der Waals surface area contributed by atoms with Crippen LogP contribution in [0.3, 0.4) is 0 Å². The summed E-state index contributed by atoms with van der Waals surface area (Å²) in [7, 11) is 3.99. The summed E-state index contributed by atoms with van der Waals surface area (Å²) >= 11 is 0. The summed E-state index contributed by atoms with van der Waals surface area (Å²) in [5.74, 6) is 0.0340. The van der Waals surface area contributed by atoms with E-state index in [0.717, 1.165) is 37.2 Å². The van der Waals surface area contributed by atoms with Crippen LogP contribution in [-0.4, -0.2) is 54.8 Å². The number of carbonyl (C=O) groups is 2. The molecule has 0 radical (unpaired) electrons. The Morgan fingerprint density at radius 3 is 2.76 bits per heavy atom. The highest BCUT2D eigenvalue weighted by Crippen LogP contribution is 2.25. The molecule has 5 nitrogen and oxygen atoms in total. The van der Waals surface area contributed by atoms with Gasteiger partial charge in [0.25, 0.3) is 5.91 Å². The van der Waals surface area contributed by atoms with Gasteiger partial charge in [0.2, 0.25) is 5.91 Å². The number of hydrogen-bond acceptors (Lipinski definition) is 3. The monoisotopic (exact) mass is 287 g/mol. The van der Waals surface area contributed by atoms with Crippen LogP contribution in [0.15, 0.2) is 18.2 Å². The van der Waals surface area contributed by atoms with Crippen molar-refractivity contribution in [1.82, 2.24) is 9.80 Å². The second-order valence-corrected chi connectivity index (χ2v) is 6.05. The molecule has 1 N–H and O–H groups in total. The fraction of sp³-hybridized carbons (Fsp3) is 0.500. The first kappa shape index (κ1) is 14.1. The van der Waals surface area contributed by atoms with Gasteiger partial charge in [-0.05, 0) is 50.7 Å². The Morgan fingerprint density at radius 1 is 1.33 bits per heavy atom. The Hall–Kier alpha value is -1.88. The third kappa shape index (κ3) is 2.78. The van der Waals surface area contributed by atoms with Gasteiger partial charge in [-0.15, -0.1) is 0 Å². The van der Waals surface area contributed by atoms with Crippen molar-refractivity contribution in [3.05, 3.63) is 29.3 Å². The number of amides is 2. The van der Waals surface area contributed by atoms with Crippen LogP contribution in [0, 0.1) is 0 Å². The summed E-state index contributed by atoms with van der Waals surface area (Å²) in [6.45, 7) is 2.06. The van der Waals surface area contributed by atoms with Crippen LogP contribution in [0.25, 0.3) is 0 Å². The molecule has 1 aromatic rings. The summed E-state index contributed by atoms with van der Waals surface area (Å²) in [6, 6.07) is 5.81. The second-order valence-electron chi connectivity index (χ2n) is 6.05. The van der Waals surface area contributed by atoms with Gasteiger partial charge in [0.05, 0.1) is 6.42 Å². The number of nitrogens with zero attached hydrogens (tertiary/aromatic N) is 2. The van der Waals surface area contributed by atoms with E-state index in [1.165, 1.54) is 0 Å². The first-order chi connectivity index (χ1) is 10.0. The van der Waals surface area contributed by atoms with Gasteiger partial charge in [-0.1, -0.05) is 6.07 Å². The number of hydrogen-bond donors (Lipinski definition) is 1. The first-order valence-corrected chi connectivity index (χ1v) is 7.43. The Morgan fingerprint density at radius 2 is 2.05 bits per heavy atom. The minimum absolute atomic E-state index is 0.00160. The zero-order valence-electron chi connectivity index (χ0n) is 12.6. The molecule has 112 valence electrons. The van der Waals surface area contributed by atoms with Gasteiger partial charge in [0.1, 0.15) is 0 Å². The molecule has 0 spiro atoms. The van der Waals surface area contributed by atoms with Gasteiger partial charge in [-0.2, -0.15) is 0 Å². The van der Waals surface area contributed by atoms with Crippen LogP contribution in [0.2, 0.25) is 0 Å². The first-order valence-electron chi connectivity index (χ1n) is 7.43. The topological polar surface area (TPSA) is 52.6 Å². The predicted molar refractivity (Wildman–Crippen MR) is 81.4 cm³/mol. The Kier molecular flexibility index (Phi) is 3.68. The number of anilines is 1. The van der Waals surface area contributed by atoms with Crippen molar-refractivity contribution in [3.8, 4) is 0 Å². The fourth-order valence-corrected chi connectivity index (χ4v) is 3.10. The highest BCUT2D eigenvalue weighted by molar-refractivity contribution is 6.02. The number of benzene rings is 1. The van der Waals surface area contributed by atoms with Gasteiger partial charge in [-0.3, -0.25) is 9.59 Å². The molecule has 2 aliphatic heterocycles. The maximum absolute atomic E-state index is 12.6. The molecular formula is C16H21N3O2. The minimum Gasteiger partial charge on any atom is -0.339 e. The maximum atomic E-state index is 12.6. The number of likely N-dealkylation sites (tertiary alicyclic amines) is 1. The summed E-state index contributed by atoms with van der Waals surface area (Å²) < 4.78 is 0. The lowest BCUT2D eigenvalue weighted by atomic mass is 10.0. The highest BCUT2D eigenvalue weighted by atomic mass is 16.2. The molecule has 0 saturated carbocycles. The van der Waals surface area contributed by atoms with Crippen molar-refractivity contribution in [2.75, 3.05) is 32.5 Å². The molecule has 1 fully saturated rings. The van der Waals surface area contributed by atoms with Gasteiger partial charge in [0.15, 0.2) is 0 Å². The molecule has 0 aliphatic carbocycles. The lowest BCUT2D eigenvalue weighted by molar-refractivity contribution is -0.115. The van der Waals surface area contributed by atoms with Crippen LogP contribution in [0.5, 0.6) is 0 Å². The third-order valence-corrected chi connectivity index (χ3v) is 4.54. The molecule has 0 unspecified atom stereocenters. The number of fused-ring (bicyclic) bond motifs is 1. The quantitative estimate of drug-likeness (QED) is 0.893. The molecule has 0 aromatic heterocycles. The SMILES string of the molecule is CN1CCC(N(C)C(=O)c2ccc3c(c2)NC(=O)C3)CC1. The van der Waals surface area contributed by atoms with Gasteiger partial charge >= 0.3 is 0 Å². The van der Waals surface area contributed by atoms with Crippen molar-refractivity contribution in [3.63, 3.8) is 0 Å². The molecule has 0 bridgehead atoms. The van der Waals surface area contributed by atoms with Crippen LogP contribution < -0.4 is 5.32 Å². The molecular weight excluding hydrogens is 266 g/mol. The highest BCUT2D eigenvalue weighted by Gasteiger charge is 2.26. The smallest absolute Gasteiger partial charge is 0.253 e. The molecule has 2 aliphatic rings. The zero-order chi connectivity index (χ0) is 15.0. The van der Waals surface area contributed by atoms with E-state index < -0.39 is 0 Å². The zero-order valence-corrected chi connectivity index (χ0v) is 12.6. The Bertz CT molecular complexity index is 577. The van der Waals surface area contributed by atoms with E-state index in [1.54, 1.807) is 6.07 Å². The number of piperidine rings is 1. The van der Waals surface area contributed by atoms with E-state index in [2.05, 4.69) is 17.3 Å². The third-order valence-electron chi connectivity index (χ3n) is 4.54. The molecule has 2 heterocycles. The summed E-state index contributed by atoms with van der Waals surface area (Å²) in [5.41, 5.74) is 2.40. The molecule has 2 amide bonds. The molecule has 21 heavy (non-hydrogen) atoms. The average Bonchev–Trinajstić information content (AvgIpc) is 2.85. The second kappa shape index (κ2) is 5.48. The normalized spacial score (nSPS) is 19.2.